The van der Waals surface area contributed by atoms with Gasteiger partial charge >= 0.3 is 13.8 Å². The lowest BCUT2D eigenvalue weighted by molar-refractivity contribution is -0.870. The van der Waals surface area contributed by atoms with Crippen LogP contribution in [0.5, 0.6) is 0 Å². The molecule has 10 heteroatoms. The van der Waals surface area contributed by atoms with Crippen molar-refractivity contribution in [3.8, 4) is 0 Å². The molecular formula is C65H120N2O7P+. The zero-order chi connectivity index (χ0) is 55.0. The molecule has 0 spiro atoms. The highest BCUT2D eigenvalue weighted by atomic mass is 31.2. The molecule has 0 aliphatic heterocycles. The van der Waals surface area contributed by atoms with Crippen LogP contribution in [-0.4, -0.2) is 74.3 Å². The van der Waals surface area contributed by atoms with Crippen LogP contribution in [0.4, 0.5) is 0 Å². The van der Waals surface area contributed by atoms with E-state index >= 15 is 0 Å². The molecular weight excluding hydrogens is 952 g/mol. The molecule has 0 aliphatic carbocycles. The number of allylic oxidation sites excluding steroid dienone is 11. The smallest absolute Gasteiger partial charge is 0.456 e. The van der Waals surface area contributed by atoms with Crippen LogP contribution in [0, 0.1) is 0 Å². The van der Waals surface area contributed by atoms with E-state index < -0.39 is 20.0 Å². The molecule has 436 valence electrons. The molecule has 2 N–H and O–H groups in total. The second-order valence-electron chi connectivity index (χ2n) is 22.2. The Balaban J connectivity index is 5.26. The van der Waals surface area contributed by atoms with Crippen LogP contribution in [0.3, 0.4) is 0 Å². The fourth-order valence-electron chi connectivity index (χ4n) is 8.75. The quantitative estimate of drug-likeness (QED) is 0.0205. The molecule has 0 heterocycles. The Labute approximate surface area is 463 Å². The standard InChI is InChI=1S/C65H119N2O7P/c1-7-10-13-16-19-22-25-27-29-31-32-33-34-36-37-39-42-45-48-51-54-57-64(68)66-62(61-73-75(70,71)72-60-59-67(4,5)6)63(56-53-50-47-44-41-24-21-18-15-12-9-3)74-65(69)58-55-52-49-46-43-40-38-35-30-28-26-23-20-17-14-11-8-2/h20,23,27-30,38,40,46,49,53,56,62-63H,7-19,21-22,24-26,31-37,39,41-45,47-48,50-52,54-55,57-61H2,1-6H3,(H-,66,68,70,71)/p+1/b23-20-,29-27+,30-28-,40-38-,49-46-,56-53-. The van der Waals surface area contributed by atoms with Crippen LogP contribution in [0.25, 0.3) is 0 Å². The fraction of sp³-hybridized carbons (Fsp3) is 0.785. The van der Waals surface area contributed by atoms with Crippen molar-refractivity contribution in [2.24, 2.45) is 0 Å². The molecule has 3 unspecified atom stereocenters. The van der Waals surface area contributed by atoms with E-state index in [1.165, 1.54) is 173 Å². The van der Waals surface area contributed by atoms with Gasteiger partial charge in [0.25, 0.3) is 0 Å². The maximum absolute atomic E-state index is 13.5. The number of hydrogen-bond donors (Lipinski definition) is 2. The Kier molecular flexibility index (Phi) is 52.9. The number of quaternary nitrogens is 1. The number of ether oxygens (including phenoxy) is 1. The topological polar surface area (TPSA) is 111 Å². The van der Waals surface area contributed by atoms with Gasteiger partial charge in [-0.05, 0) is 96.0 Å². The number of nitrogens with zero attached hydrogens (tertiary/aromatic N) is 1. The number of hydrogen-bond acceptors (Lipinski definition) is 6. The summed E-state index contributed by atoms with van der Waals surface area (Å²) in [5, 5.41) is 3.04. The van der Waals surface area contributed by atoms with E-state index in [4.69, 9.17) is 13.8 Å². The minimum atomic E-state index is -4.46. The third kappa shape index (κ3) is 56.0. The second-order valence-corrected chi connectivity index (χ2v) is 23.7. The Morgan fingerprint density at radius 3 is 1.28 bits per heavy atom. The molecule has 0 saturated carbocycles. The summed E-state index contributed by atoms with van der Waals surface area (Å²) in [6.07, 6.45) is 70.5. The molecule has 9 nitrogen and oxygen atoms in total. The van der Waals surface area contributed by atoms with Gasteiger partial charge in [-0.25, -0.2) is 4.57 Å². The van der Waals surface area contributed by atoms with Gasteiger partial charge in [0.15, 0.2) is 0 Å². The predicted molar refractivity (Wildman–Crippen MR) is 323 cm³/mol. The molecule has 0 aliphatic rings. The van der Waals surface area contributed by atoms with Crippen LogP contribution in [0.1, 0.15) is 278 Å². The first-order valence-electron chi connectivity index (χ1n) is 31.3. The zero-order valence-corrected chi connectivity index (χ0v) is 50.7. The maximum Gasteiger partial charge on any atom is 0.472 e. The van der Waals surface area contributed by atoms with Gasteiger partial charge in [-0.1, -0.05) is 242 Å². The minimum absolute atomic E-state index is 0.0300. The molecule has 0 aromatic carbocycles. The molecule has 0 bridgehead atoms. The first kappa shape index (κ1) is 72.5. The predicted octanol–water partition coefficient (Wildman–Crippen LogP) is 19.2. The average Bonchev–Trinajstić information content (AvgIpc) is 3.37. The average molecular weight is 1070 g/mol. The monoisotopic (exact) mass is 1070 g/mol. The number of nitrogens with one attached hydrogen (secondary N) is 1. The van der Waals surface area contributed by atoms with Crippen LogP contribution < -0.4 is 5.32 Å². The number of rotatable bonds is 56. The Morgan fingerprint density at radius 2 is 0.827 bits per heavy atom. The molecule has 0 saturated heterocycles. The lowest BCUT2D eigenvalue weighted by atomic mass is 10.0. The van der Waals surface area contributed by atoms with E-state index in [1.807, 2.05) is 33.3 Å². The molecule has 0 rings (SSSR count). The summed E-state index contributed by atoms with van der Waals surface area (Å²) in [6, 6.07) is -0.872. The number of likely N-dealkylation sites (N-methyl/N-ethyl adjacent to an activating group) is 1. The molecule has 75 heavy (non-hydrogen) atoms. The summed E-state index contributed by atoms with van der Waals surface area (Å²) in [6.45, 7) is 6.95. The van der Waals surface area contributed by atoms with E-state index in [0.717, 1.165) is 64.2 Å². The Hall–Kier alpha value is -2.55. The fourth-order valence-corrected chi connectivity index (χ4v) is 9.49. The molecule has 0 radical (unpaired) electrons. The summed E-state index contributed by atoms with van der Waals surface area (Å²) >= 11 is 0. The number of esters is 1. The molecule has 0 aromatic rings. The lowest BCUT2D eigenvalue weighted by Crippen LogP contribution is -2.47. The van der Waals surface area contributed by atoms with Gasteiger partial charge in [-0.15, -0.1) is 0 Å². The largest absolute Gasteiger partial charge is 0.472 e. The van der Waals surface area contributed by atoms with Crippen molar-refractivity contribution in [2.75, 3.05) is 40.9 Å². The van der Waals surface area contributed by atoms with E-state index in [9.17, 15) is 19.0 Å². The normalized spacial score (nSPS) is 14.2. The molecule has 3 atom stereocenters. The van der Waals surface area contributed by atoms with Gasteiger partial charge in [0.1, 0.15) is 19.3 Å². The minimum Gasteiger partial charge on any atom is -0.456 e. The Bertz CT molecular complexity index is 1510. The van der Waals surface area contributed by atoms with Gasteiger partial charge < -0.3 is 19.4 Å². The number of phosphoric acid groups is 1. The highest BCUT2D eigenvalue weighted by molar-refractivity contribution is 7.47. The van der Waals surface area contributed by atoms with Crippen molar-refractivity contribution >= 4 is 19.7 Å². The second kappa shape index (κ2) is 54.8. The van der Waals surface area contributed by atoms with E-state index in [0.29, 0.717) is 23.9 Å². The van der Waals surface area contributed by atoms with Gasteiger partial charge in [-0.3, -0.25) is 18.6 Å². The van der Waals surface area contributed by atoms with E-state index in [2.05, 4.69) is 86.8 Å². The first-order chi connectivity index (χ1) is 36.4. The molecule has 0 fully saturated rings. The molecule has 1 amide bonds. The number of unbranched alkanes of at least 4 members (excludes halogenated alkanes) is 30. The van der Waals surface area contributed by atoms with Crippen molar-refractivity contribution in [3.05, 3.63) is 72.9 Å². The zero-order valence-electron chi connectivity index (χ0n) is 49.8. The number of phosphoric ester groups is 1. The van der Waals surface area contributed by atoms with Crippen LogP contribution in [0.2, 0.25) is 0 Å². The van der Waals surface area contributed by atoms with Crippen molar-refractivity contribution in [2.45, 2.75) is 290 Å². The van der Waals surface area contributed by atoms with Crippen LogP contribution >= 0.6 is 7.82 Å². The first-order valence-corrected chi connectivity index (χ1v) is 32.8. The van der Waals surface area contributed by atoms with Crippen molar-refractivity contribution in [3.63, 3.8) is 0 Å². The third-order valence-electron chi connectivity index (χ3n) is 13.6. The SMILES string of the molecule is CCCCC/C=C\C/C=C\C/C=C\C/C=C\CCCC(=O)OC(/C=C\CCCCCCCCCCC)C(COP(=O)(O)OCC[N+](C)(C)C)NC(=O)CCCCCCCCCCCCC/C=C/CCCCCCCC. The van der Waals surface area contributed by atoms with Crippen LogP contribution in [0.15, 0.2) is 72.9 Å². The maximum atomic E-state index is 13.5. The van der Waals surface area contributed by atoms with Gasteiger partial charge in [0, 0.05) is 12.8 Å². The van der Waals surface area contributed by atoms with Crippen molar-refractivity contribution in [1.82, 2.24) is 5.32 Å². The van der Waals surface area contributed by atoms with Crippen LogP contribution in [-0.2, 0) is 27.9 Å². The van der Waals surface area contributed by atoms with Gasteiger partial charge in [0.2, 0.25) is 5.91 Å². The third-order valence-corrected chi connectivity index (χ3v) is 14.6. The van der Waals surface area contributed by atoms with Crippen molar-refractivity contribution < 1.29 is 37.3 Å². The number of amides is 1. The summed E-state index contributed by atoms with van der Waals surface area (Å²) in [5.41, 5.74) is 0. The summed E-state index contributed by atoms with van der Waals surface area (Å²) < 4.78 is 30.6. The summed E-state index contributed by atoms with van der Waals surface area (Å²) in [7, 11) is 1.47. The highest BCUT2D eigenvalue weighted by Crippen LogP contribution is 2.43. The number of carbonyl (C=O) groups excluding carboxylic acids is 2. The van der Waals surface area contributed by atoms with Crippen molar-refractivity contribution in [1.29, 1.82) is 0 Å². The summed E-state index contributed by atoms with van der Waals surface area (Å²) in [4.78, 5) is 37.7. The lowest BCUT2D eigenvalue weighted by Gasteiger charge is -2.27. The van der Waals surface area contributed by atoms with E-state index in [1.54, 1.807) is 0 Å². The highest BCUT2D eigenvalue weighted by Gasteiger charge is 2.30. The Morgan fingerprint density at radius 1 is 0.467 bits per heavy atom. The number of carbonyl (C=O) groups is 2. The molecule has 0 aromatic heterocycles. The van der Waals surface area contributed by atoms with Gasteiger partial charge in [-0.2, -0.15) is 0 Å². The van der Waals surface area contributed by atoms with Gasteiger partial charge in [0.05, 0.1) is 33.8 Å². The van der Waals surface area contributed by atoms with E-state index in [-0.39, 0.29) is 31.5 Å². The summed E-state index contributed by atoms with van der Waals surface area (Å²) in [5.74, 6) is -0.569.